The molecule has 276 valence electrons. The second kappa shape index (κ2) is 19.5. The second-order valence-corrected chi connectivity index (χ2v) is 14.2. The van der Waals surface area contributed by atoms with Gasteiger partial charge in [-0.2, -0.15) is 4.99 Å². The number of nitrogens with one attached hydrogen (secondary N) is 1. The second-order valence-electron chi connectivity index (χ2n) is 11.6. The average molecular weight is 846 g/mol. The summed E-state index contributed by atoms with van der Waals surface area (Å²) in [5.74, 6) is -0.979. The number of carbonyl (C=O) groups excluding carboxylic acids is 3. The Kier molecular flexibility index (Phi) is 14.5. The van der Waals surface area contributed by atoms with Gasteiger partial charge in [0.05, 0.1) is 18.4 Å². The van der Waals surface area contributed by atoms with Gasteiger partial charge >= 0.3 is 0 Å². The zero-order valence-corrected chi connectivity index (χ0v) is 33.3. The summed E-state index contributed by atoms with van der Waals surface area (Å²) in [7, 11) is 0. The highest BCUT2D eigenvalue weighted by Crippen LogP contribution is 2.37. The first kappa shape index (κ1) is 40.3. The van der Waals surface area contributed by atoms with Crippen molar-refractivity contribution < 1.29 is 23.9 Å². The number of allylic oxidation sites excluding steroid dienone is 4. The van der Waals surface area contributed by atoms with E-state index in [9.17, 15) is 14.4 Å². The summed E-state index contributed by atoms with van der Waals surface area (Å²) in [5, 5.41) is 4.14. The molecule has 1 N–H and O–H groups in total. The lowest BCUT2D eigenvalue weighted by atomic mass is 9.99. The highest BCUT2D eigenvalue weighted by Gasteiger charge is 2.35. The van der Waals surface area contributed by atoms with Gasteiger partial charge in [0.25, 0.3) is 11.8 Å². The number of nitrogens with zero attached hydrogens (tertiary/aromatic N) is 2. The molecule has 0 unspecified atom stereocenters. The Morgan fingerprint density at radius 1 is 0.981 bits per heavy atom. The SMILES string of the molecule is C=C/C=C\C(=C/C)N1C(=O)/C(=C/c2cc(OCC)c(OCc3ccc(Cl)cc3Cl)cc2Br)C(=O)N=C1SCC(=O)NC(c1ccccc1)c1ccccc1. The first-order valence-electron chi connectivity index (χ1n) is 16.8. The third kappa shape index (κ3) is 10.2. The number of thioether (sulfide) groups is 1. The van der Waals surface area contributed by atoms with Crippen molar-refractivity contribution in [3.63, 3.8) is 0 Å². The van der Waals surface area contributed by atoms with E-state index >= 15 is 0 Å². The Morgan fingerprint density at radius 2 is 1.65 bits per heavy atom. The number of aliphatic imine (C=N–C) groups is 1. The molecule has 1 heterocycles. The van der Waals surface area contributed by atoms with Gasteiger partial charge in [0.2, 0.25) is 5.91 Å². The molecule has 0 aromatic heterocycles. The molecule has 0 spiro atoms. The highest BCUT2D eigenvalue weighted by molar-refractivity contribution is 9.10. The Bertz CT molecular complexity index is 2120. The van der Waals surface area contributed by atoms with Crippen molar-refractivity contribution in [3.05, 3.63) is 170 Å². The summed E-state index contributed by atoms with van der Waals surface area (Å²) in [6.07, 6.45) is 8.09. The van der Waals surface area contributed by atoms with Gasteiger partial charge in [0.1, 0.15) is 12.2 Å². The van der Waals surface area contributed by atoms with E-state index in [2.05, 4.69) is 32.8 Å². The number of halogens is 3. The van der Waals surface area contributed by atoms with Crippen LogP contribution in [0.2, 0.25) is 10.0 Å². The van der Waals surface area contributed by atoms with Gasteiger partial charge in [0, 0.05) is 25.8 Å². The largest absolute Gasteiger partial charge is 0.490 e. The van der Waals surface area contributed by atoms with Crippen molar-refractivity contribution >= 4 is 79.9 Å². The van der Waals surface area contributed by atoms with Crippen LogP contribution in [0.15, 0.2) is 143 Å². The zero-order valence-electron chi connectivity index (χ0n) is 29.4. The van der Waals surface area contributed by atoms with Gasteiger partial charge in [-0.3, -0.25) is 19.3 Å². The molecule has 5 rings (SSSR count). The quantitative estimate of drug-likeness (QED) is 0.0772. The van der Waals surface area contributed by atoms with Crippen molar-refractivity contribution in [1.82, 2.24) is 10.2 Å². The third-order valence-corrected chi connectivity index (χ3v) is 10.2. The molecule has 0 saturated heterocycles. The van der Waals surface area contributed by atoms with Crippen LogP contribution < -0.4 is 14.8 Å². The number of carbonyl (C=O) groups is 3. The van der Waals surface area contributed by atoms with Gasteiger partial charge in [-0.05, 0) is 67.0 Å². The summed E-state index contributed by atoms with van der Waals surface area (Å²) in [6.45, 7) is 7.81. The molecular weight excluding hydrogens is 809 g/mol. The predicted octanol–water partition coefficient (Wildman–Crippen LogP) is 10.1. The summed E-state index contributed by atoms with van der Waals surface area (Å²) in [4.78, 5) is 47.0. The average Bonchev–Trinajstić information content (AvgIpc) is 3.17. The molecule has 0 atom stereocenters. The van der Waals surface area contributed by atoms with Crippen LogP contribution in [0.1, 0.15) is 42.1 Å². The van der Waals surface area contributed by atoms with Crippen molar-refractivity contribution in [2.75, 3.05) is 12.4 Å². The van der Waals surface area contributed by atoms with E-state index in [0.29, 0.717) is 43.9 Å². The Hall–Kier alpha value is -4.87. The van der Waals surface area contributed by atoms with Crippen LogP contribution in [0.3, 0.4) is 0 Å². The van der Waals surface area contributed by atoms with Crippen LogP contribution in [-0.4, -0.2) is 40.1 Å². The van der Waals surface area contributed by atoms with Crippen molar-refractivity contribution in [3.8, 4) is 11.5 Å². The molecule has 0 fully saturated rings. The summed E-state index contributed by atoms with van der Waals surface area (Å²) >= 11 is 17.0. The van der Waals surface area contributed by atoms with Gasteiger partial charge in [-0.15, -0.1) is 0 Å². The number of ether oxygens (including phenoxy) is 2. The molecule has 3 amide bonds. The predicted molar refractivity (Wildman–Crippen MR) is 222 cm³/mol. The van der Waals surface area contributed by atoms with Crippen LogP contribution in [0.5, 0.6) is 11.5 Å². The van der Waals surface area contributed by atoms with Crippen molar-refractivity contribution in [1.29, 1.82) is 0 Å². The molecule has 0 bridgehead atoms. The maximum atomic E-state index is 14.3. The van der Waals surface area contributed by atoms with Gasteiger partial charge in [-0.25, -0.2) is 0 Å². The molecule has 1 aliphatic heterocycles. The van der Waals surface area contributed by atoms with Crippen LogP contribution in [0.4, 0.5) is 0 Å². The standard InChI is InChI=1S/C42H36BrCl2N3O5S/c1-4-7-18-32(5-2)48-41(51)33(21-30-22-36(52-6-3)37(24-34(30)43)53-25-29-19-20-31(44)23-35(29)45)40(50)47-42(48)54-26-38(49)46-39(27-14-10-8-11-15-27)28-16-12-9-13-17-28/h4-5,7-24,39H,1,6,25-26H2,2-3H3,(H,46,49)/b18-7-,32-5+,33-21+. The van der Waals surface area contributed by atoms with E-state index in [1.54, 1.807) is 61.6 Å². The number of rotatable bonds is 14. The molecule has 0 saturated carbocycles. The number of amides is 3. The van der Waals surface area contributed by atoms with E-state index in [0.717, 1.165) is 28.5 Å². The Balaban J connectivity index is 1.43. The van der Waals surface area contributed by atoms with Crippen LogP contribution in [0.25, 0.3) is 6.08 Å². The molecule has 4 aromatic rings. The minimum absolute atomic E-state index is 0.0637. The van der Waals surface area contributed by atoms with Crippen LogP contribution in [0, 0.1) is 0 Å². The Labute approximate surface area is 337 Å². The molecule has 54 heavy (non-hydrogen) atoms. The number of amidine groups is 1. The minimum Gasteiger partial charge on any atom is -0.490 e. The molecule has 8 nitrogen and oxygen atoms in total. The smallest absolute Gasteiger partial charge is 0.285 e. The monoisotopic (exact) mass is 843 g/mol. The molecule has 0 aliphatic carbocycles. The zero-order chi connectivity index (χ0) is 38.6. The third-order valence-electron chi connectivity index (χ3n) is 7.97. The number of benzene rings is 4. The lowest BCUT2D eigenvalue weighted by Crippen LogP contribution is -2.42. The van der Waals surface area contributed by atoms with E-state index < -0.39 is 17.9 Å². The van der Waals surface area contributed by atoms with Gasteiger partial charge in [0.15, 0.2) is 16.7 Å². The fourth-order valence-corrected chi connectivity index (χ4v) is 7.09. The van der Waals surface area contributed by atoms with E-state index in [1.165, 1.54) is 11.0 Å². The topological polar surface area (TPSA) is 97.3 Å². The lowest BCUT2D eigenvalue weighted by molar-refractivity contribution is -0.126. The maximum Gasteiger partial charge on any atom is 0.285 e. The molecule has 0 radical (unpaired) electrons. The lowest BCUT2D eigenvalue weighted by Gasteiger charge is -2.28. The molecule has 12 heteroatoms. The number of hydrogen-bond donors (Lipinski definition) is 1. The minimum atomic E-state index is -0.753. The first-order valence-corrected chi connectivity index (χ1v) is 19.4. The highest BCUT2D eigenvalue weighted by atomic mass is 79.9. The summed E-state index contributed by atoms with van der Waals surface area (Å²) < 4.78 is 12.5. The van der Waals surface area contributed by atoms with Crippen molar-refractivity contribution in [2.24, 2.45) is 4.99 Å². The Morgan fingerprint density at radius 3 is 2.26 bits per heavy atom. The maximum absolute atomic E-state index is 14.3. The van der Waals surface area contributed by atoms with E-state index in [-0.39, 0.29) is 29.0 Å². The molecule has 4 aromatic carbocycles. The van der Waals surface area contributed by atoms with E-state index in [4.69, 9.17) is 32.7 Å². The van der Waals surface area contributed by atoms with Crippen LogP contribution >= 0.6 is 50.9 Å². The van der Waals surface area contributed by atoms with Gasteiger partial charge < -0.3 is 14.8 Å². The first-order chi connectivity index (χ1) is 26.1. The summed E-state index contributed by atoms with van der Waals surface area (Å²) in [5.41, 5.74) is 3.28. The summed E-state index contributed by atoms with van der Waals surface area (Å²) in [6, 6.07) is 27.4. The van der Waals surface area contributed by atoms with Gasteiger partial charge in [-0.1, -0.05) is 142 Å². The molecular formula is C42H36BrCl2N3O5S. The fraction of sp³-hybridized carbons (Fsp3) is 0.143. The molecule has 1 aliphatic rings. The van der Waals surface area contributed by atoms with Crippen molar-refractivity contribution in [2.45, 2.75) is 26.5 Å². The fourth-order valence-electron chi connectivity index (χ4n) is 5.39. The number of hydrogen-bond acceptors (Lipinski definition) is 6. The van der Waals surface area contributed by atoms with E-state index in [1.807, 2.05) is 67.6 Å². The normalized spacial score (nSPS) is 14.1. The van der Waals surface area contributed by atoms with Crippen LogP contribution in [-0.2, 0) is 21.0 Å².